The van der Waals surface area contributed by atoms with Crippen LogP contribution >= 0.6 is 0 Å². The Morgan fingerprint density at radius 1 is 0.938 bits per heavy atom. The summed E-state index contributed by atoms with van der Waals surface area (Å²) >= 11 is 0. The Kier molecular flexibility index (Phi) is 7.39. The zero-order valence-corrected chi connectivity index (χ0v) is 18.6. The van der Waals surface area contributed by atoms with Crippen molar-refractivity contribution >= 4 is 11.8 Å². The number of aromatic amines is 1. The molecule has 2 amide bonds. The number of amides is 2. The summed E-state index contributed by atoms with van der Waals surface area (Å²) in [6, 6.07) is 10.6. The fourth-order valence-corrected chi connectivity index (χ4v) is 4.90. The summed E-state index contributed by atoms with van der Waals surface area (Å²) in [6.45, 7) is 3.22. The molecule has 0 radical (unpaired) electrons. The van der Waals surface area contributed by atoms with Gasteiger partial charge in [0.2, 0.25) is 5.91 Å². The van der Waals surface area contributed by atoms with Crippen LogP contribution in [0.15, 0.2) is 45.8 Å². The average molecular weight is 442 g/mol. The topological polar surface area (TPSA) is 90.5 Å². The molecule has 8 nitrogen and oxygen atoms in total. The lowest BCUT2D eigenvalue weighted by Crippen LogP contribution is -2.48. The standard InChI is InChI=1S/C24H32N4O4/c29-22(26-14-10-21(11-15-26)16-20-4-2-1-3-5-20)7-6-19-8-12-27(13-9-19)23(30)17-28-18-24(31)32-25-28/h1-5,18-19,21H,6-17H2/p+1. The van der Waals surface area contributed by atoms with Crippen molar-refractivity contribution in [2.45, 2.75) is 51.5 Å². The van der Waals surface area contributed by atoms with Crippen molar-refractivity contribution in [3.63, 3.8) is 0 Å². The summed E-state index contributed by atoms with van der Waals surface area (Å²) < 4.78 is 5.94. The molecule has 2 aliphatic rings. The Bertz CT molecular complexity index is 938. The van der Waals surface area contributed by atoms with E-state index < -0.39 is 5.63 Å². The minimum Gasteiger partial charge on any atom is -0.343 e. The van der Waals surface area contributed by atoms with Crippen molar-refractivity contribution in [2.24, 2.45) is 11.8 Å². The normalized spacial score (nSPS) is 18.1. The summed E-state index contributed by atoms with van der Waals surface area (Å²) in [5.74, 6) is 1.41. The molecule has 0 spiro atoms. The van der Waals surface area contributed by atoms with Crippen LogP contribution in [0.25, 0.3) is 0 Å². The van der Waals surface area contributed by atoms with Gasteiger partial charge < -0.3 is 9.80 Å². The van der Waals surface area contributed by atoms with Crippen LogP contribution in [0.1, 0.15) is 44.1 Å². The number of carbonyl (C=O) groups excluding carboxylic acids is 2. The number of aromatic nitrogens is 2. The Labute approximate surface area is 188 Å². The van der Waals surface area contributed by atoms with Crippen LogP contribution < -0.4 is 10.3 Å². The molecule has 0 saturated carbocycles. The molecule has 172 valence electrons. The van der Waals surface area contributed by atoms with Gasteiger partial charge in [0.1, 0.15) is 0 Å². The SMILES string of the molecule is O=C(CCC1CCN(C(=O)C[n+]2cc(=O)o[nH]2)CC1)N1CCC(Cc2ccccc2)CC1. The molecule has 2 saturated heterocycles. The second-order valence-corrected chi connectivity index (χ2v) is 9.15. The van der Waals surface area contributed by atoms with E-state index in [0.717, 1.165) is 51.6 Å². The van der Waals surface area contributed by atoms with Gasteiger partial charge in [-0.2, -0.15) is 0 Å². The number of rotatable bonds is 7. The van der Waals surface area contributed by atoms with Gasteiger partial charge in [-0.3, -0.25) is 14.1 Å². The Hall–Kier alpha value is -2.90. The Morgan fingerprint density at radius 2 is 1.56 bits per heavy atom. The molecule has 8 heteroatoms. The van der Waals surface area contributed by atoms with Crippen molar-refractivity contribution in [1.29, 1.82) is 0 Å². The average Bonchev–Trinajstić information content (AvgIpc) is 3.23. The number of nitrogens with one attached hydrogen (secondary N) is 1. The number of benzene rings is 1. The first-order valence-electron chi connectivity index (χ1n) is 11.7. The fraction of sp³-hybridized carbons (Fsp3) is 0.583. The number of H-pyrrole nitrogens is 1. The van der Waals surface area contributed by atoms with Crippen molar-refractivity contribution in [3.8, 4) is 0 Å². The van der Waals surface area contributed by atoms with Crippen molar-refractivity contribution in [2.75, 3.05) is 26.2 Å². The fourth-order valence-electron chi connectivity index (χ4n) is 4.90. The van der Waals surface area contributed by atoms with Crippen molar-refractivity contribution in [3.05, 3.63) is 52.5 Å². The van der Waals surface area contributed by atoms with Crippen LogP contribution in [-0.2, 0) is 22.6 Å². The predicted molar refractivity (Wildman–Crippen MR) is 118 cm³/mol. The van der Waals surface area contributed by atoms with E-state index in [0.29, 0.717) is 31.3 Å². The second-order valence-electron chi connectivity index (χ2n) is 9.15. The summed E-state index contributed by atoms with van der Waals surface area (Å²) in [7, 11) is 0. The van der Waals surface area contributed by atoms with Crippen LogP contribution in [0.3, 0.4) is 0 Å². The third-order valence-corrected chi connectivity index (χ3v) is 6.90. The highest BCUT2D eigenvalue weighted by Crippen LogP contribution is 2.25. The molecule has 2 aliphatic heterocycles. The predicted octanol–water partition coefficient (Wildman–Crippen LogP) is 1.76. The lowest BCUT2D eigenvalue weighted by molar-refractivity contribution is -0.751. The van der Waals surface area contributed by atoms with Crippen molar-refractivity contribution < 1.29 is 18.8 Å². The van der Waals surface area contributed by atoms with E-state index >= 15 is 0 Å². The molecule has 2 fully saturated rings. The van der Waals surface area contributed by atoms with Gasteiger partial charge in [0, 0.05) is 32.6 Å². The van der Waals surface area contributed by atoms with Gasteiger partial charge in [0.25, 0.3) is 18.6 Å². The van der Waals surface area contributed by atoms with Gasteiger partial charge in [0.15, 0.2) is 0 Å². The van der Waals surface area contributed by atoms with E-state index in [9.17, 15) is 14.4 Å². The first-order valence-corrected chi connectivity index (χ1v) is 11.7. The smallest absolute Gasteiger partial charge is 0.343 e. The molecule has 1 N–H and O–H groups in total. The monoisotopic (exact) mass is 441 g/mol. The molecule has 32 heavy (non-hydrogen) atoms. The zero-order chi connectivity index (χ0) is 22.3. The molecular formula is C24H33N4O4+. The quantitative estimate of drug-likeness (QED) is 0.663. The number of carbonyl (C=O) groups is 2. The van der Waals surface area contributed by atoms with Crippen LogP contribution in [0.5, 0.6) is 0 Å². The van der Waals surface area contributed by atoms with Gasteiger partial charge in [-0.25, -0.2) is 4.79 Å². The van der Waals surface area contributed by atoms with Gasteiger partial charge >= 0.3 is 5.63 Å². The summed E-state index contributed by atoms with van der Waals surface area (Å²) in [5, 5.41) is 2.40. The summed E-state index contributed by atoms with van der Waals surface area (Å²) in [5.41, 5.74) is 0.889. The maximum Gasteiger partial charge on any atom is 0.426 e. The molecule has 0 aliphatic carbocycles. The summed E-state index contributed by atoms with van der Waals surface area (Å²) in [4.78, 5) is 40.0. The molecule has 4 rings (SSSR count). The number of piperidine rings is 2. The van der Waals surface area contributed by atoms with E-state index in [1.165, 1.54) is 16.4 Å². The third kappa shape index (κ3) is 6.08. The van der Waals surface area contributed by atoms with Crippen LogP contribution in [-0.4, -0.2) is 53.1 Å². The lowest BCUT2D eigenvalue weighted by Gasteiger charge is -2.34. The van der Waals surface area contributed by atoms with E-state index in [1.54, 1.807) is 0 Å². The Morgan fingerprint density at radius 3 is 2.19 bits per heavy atom. The highest BCUT2D eigenvalue weighted by Gasteiger charge is 2.27. The minimum absolute atomic E-state index is 0.0278. The molecular weight excluding hydrogens is 408 g/mol. The summed E-state index contributed by atoms with van der Waals surface area (Å²) in [6.07, 6.45) is 7.86. The van der Waals surface area contributed by atoms with Crippen molar-refractivity contribution in [1.82, 2.24) is 15.1 Å². The van der Waals surface area contributed by atoms with Gasteiger partial charge in [0.05, 0.1) is 0 Å². The maximum absolute atomic E-state index is 12.7. The second kappa shape index (κ2) is 10.6. The van der Waals surface area contributed by atoms with Crippen LogP contribution in [0.2, 0.25) is 0 Å². The van der Waals surface area contributed by atoms with Gasteiger partial charge in [-0.15, -0.1) is 0 Å². The maximum atomic E-state index is 12.7. The third-order valence-electron chi connectivity index (χ3n) is 6.90. The van der Waals surface area contributed by atoms with E-state index in [4.69, 9.17) is 0 Å². The zero-order valence-electron chi connectivity index (χ0n) is 18.6. The van der Waals surface area contributed by atoms with E-state index in [1.807, 2.05) is 9.80 Å². The highest BCUT2D eigenvalue weighted by atomic mass is 16.5. The number of likely N-dealkylation sites (tertiary alicyclic amines) is 2. The van der Waals surface area contributed by atoms with Crippen LogP contribution in [0.4, 0.5) is 0 Å². The van der Waals surface area contributed by atoms with E-state index in [2.05, 4.69) is 40.1 Å². The molecule has 1 aromatic carbocycles. The van der Waals surface area contributed by atoms with E-state index in [-0.39, 0.29) is 18.4 Å². The molecule has 0 unspecified atom stereocenters. The minimum atomic E-state index is -0.499. The first kappa shape index (κ1) is 22.3. The highest BCUT2D eigenvalue weighted by molar-refractivity contribution is 5.76. The number of hydrogen-bond acceptors (Lipinski definition) is 4. The molecule has 3 heterocycles. The van der Waals surface area contributed by atoms with Crippen LogP contribution in [0, 0.1) is 11.8 Å². The molecule has 0 bridgehead atoms. The molecule has 1 aromatic heterocycles. The lowest BCUT2D eigenvalue weighted by atomic mass is 9.89. The number of hydrogen-bond donors (Lipinski definition) is 1. The van der Waals surface area contributed by atoms with Gasteiger partial charge in [-0.1, -0.05) is 35.0 Å². The first-order chi connectivity index (χ1) is 15.6. The molecule has 2 aromatic rings. The Balaban J connectivity index is 1.13. The molecule has 0 atom stereocenters. The number of nitrogens with zero attached hydrogens (tertiary/aromatic N) is 3. The largest absolute Gasteiger partial charge is 0.426 e. The van der Waals surface area contributed by atoms with Gasteiger partial charge in [-0.05, 0) is 61.2 Å².